The Morgan fingerprint density at radius 2 is 2.41 bits per heavy atom. The molecule has 3 nitrogen and oxygen atoms in total. The standard InChI is InChI=1S/C12H18ClNO2S/c1-2-5-14-12(9-8-15-6-7-16-9)10-3-4-11(13)17-10/h3-4,9,12,14H,2,5-8H2,1H3. The van der Waals surface area contributed by atoms with Crippen LogP contribution in [-0.2, 0) is 9.47 Å². The SMILES string of the molecule is CCCNC(c1ccc(Cl)s1)C1COCCO1. The van der Waals surface area contributed by atoms with E-state index in [2.05, 4.69) is 18.3 Å². The summed E-state index contributed by atoms with van der Waals surface area (Å²) in [6, 6.07) is 4.19. The highest BCUT2D eigenvalue weighted by atomic mass is 35.5. The molecule has 2 heterocycles. The molecule has 1 aliphatic heterocycles. The van der Waals surface area contributed by atoms with Gasteiger partial charge in [0.1, 0.15) is 6.10 Å². The second-order valence-electron chi connectivity index (χ2n) is 4.06. The zero-order valence-corrected chi connectivity index (χ0v) is 11.5. The Balaban J connectivity index is 2.06. The summed E-state index contributed by atoms with van der Waals surface area (Å²) >= 11 is 7.60. The molecule has 0 amide bonds. The number of hydrogen-bond acceptors (Lipinski definition) is 4. The molecule has 1 aromatic heterocycles. The molecule has 0 aliphatic carbocycles. The van der Waals surface area contributed by atoms with Gasteiger partial charge in [-0.25, -0.2) is 0 Å². The van der Waals surface area contributed by atoms with Gasteiger partial charge in [-0.05, 0) is 25.1 Å². The van der Waals surface area contributed by atoms with E-state index in [1.54, 1.807) is 11.3 Å². The normalized spacial score (nSPS) is 22.6. The van der Waals surface area contributed by atoms with Crippen molar-refractivity contribution in [3.63, 3.8) is 0 Å². The molecule has 1 saturated heterocycles. The van der Waals surface area contributed by atoms with Crippen LogP contribution in [0.5, 0.6) is 0 Å². The summed E-state index contributed by atoms with van der Waals surface area (Å²) in [6.07, 6.45) is 1.19. The van der Waals surface area contributed by atoms with E-state index >= 15 is 0 Å². The van der Waals surface area contributed by atoms with Crippen LogP contribution in [0, 0.1) is 0 Å². The third-order valence-corrected chi connectivity index (χ3v) is 4.04. The Morgan fingerprint density at radius 3 is 3.00 bits per heavy atom. The zero-order valence-electron chi connectivity index (χ0n) is 9.95. The minimum atomic E-state index is 0.0880. The number of nitrogens with one attached hydrogen (secondary N) is 1. The van der Waals surface area contributed by atoms with Crippen molar-refractivity contribution in [2.24, 2.45) is 0 Å². The first-order valence-corrected chi connectivity index (χ1v) is 7.18. The van der Waals surface area contributed by atoms with Crippen LogP contribution in [0.4, 0.5) is 0 Å². The van der Waals surface area contributed by atoms with Gasteiger partial charge in [0, 0.05) is 4.88 Å². The van der Waals surface area contributed by atoms with Crippen LogP contribution in [0.1, 0.15) is 24.3 Å². The first-order valence-electron chi connectivity index (χ1n) is 5.99. The molecule has 1 aromatic rings. The van der Waals surface area contributed by atoms with Crippen molar-refractivity contribution in [3.05, 3.63) is 21.3 Å². The average molecular weight is 276 g/mol. The molecule has 0 saturated carbocycles. The third kappa shape index (κ3) is 3.66. The highest BCUT2D eigenvalue weighted by Crippen LogP contribution is 2.30. The van der Waals surface area contributed by atoms with Gasteiger partial charge in [0.2, 0.25) is 0 Å². The van der Waals surface area contributed by atoms with E-state index in [0.29, 0.717) is 19.8 Å². The first kappa shape index (κ1) is 13.3. The largest absolute Gasteiger partial charge is 0.376 e. The van der Waals surface area contributed by atoms with Crippen molar-refractivity contribution in [3.8, 4) is 0 Å². The minimum absolute atomic E-state index is 0.0880. The maximum atomic E-state index is 6.00. The highest BCUT2D eigenvalue weighted by Gasteiger charge is 2.27. The Morgan fingerprint density at radius 1 is 1.53 bits per heavy atom. The van der Waals surface area contributed by atoms with Gasteiger partial charge in [-0.2, -0.15) is 0 Å². The van der Waals surface area contributed by atoms with Crippen LogP contribution < -0.4 is 5.32 Å². The Hall–Kier alpha value is -0.130. The van der Waals surface area contributed by atoms with Crippen molar-refractivity contribution < 1.29 is 9.47 Å². The van der Waals surface area contributed by atoms with E-state index in [0.717, 1.165) is 17.3 Å². The Bertz CT molecular complexity index is 339. The maximum absolute atomic E-state index is 6.00. The van der Waals surface area contributed by atoms with Gasteiger partial charge in [-0.3, -0.25) is 0 Å². The molecule has 1 aliphatic rings. The van der Waals surface area contributed by atoms with E-state index < -0.39 is 0 Å². The molecule has 96 valence electrons. The number of rotatable bonds is 5. The lowest BCUT2D eigenvalue weighted by Crippen LogP contribution is -2.40. The van der Waals surface area contributed by atoms with Crippen molar-refractivity contribution >= 4 is 22.9 Å². The molecule has 2 rings (SSSR count). The lowest BCUT2D eigenvalue weighted by Gasteiger charge is -2.30. The van der Waals surface area contributed by atoms with Crippen molar-refractivity contribution in [1.29, 1.82) is 0 Å². The lowest BCUT2D eigenvalue weighted by atomic mass is 10.1. The Labute approximate surface area is 111 Å². The Kier molecular flexibility index (Phi) is 5.25. The fourth-order valence-corrected chi connectivity index (χ4v) is 3.10. The summed E-state index contributed by atoms with van der Waals surface area (Å²) in [7, 11) is 0. The summed E-state index contributed by atoms with van der Waals surface area (Å²) in [4.78, 5) is 1.22. The van der Waals surface area contributed by atoms with Gasteiger partial charge in [-0.15, -0.1) is 11.3 Å². The van der Waals surface area contributed by atoms with E-state index in [1.165, 1.54) is 4.88 Å². The number of ether oxygens (including phenoxy) is 2. The van der Waals surface area contributed by atoms with Crippen LogP contribution in [0.25, 0.3) is 0 Å². The number of hydrogen-bond donors (Lipinski definition) is 1. The molecular weight excluding hydrogens is 258 g/mol. The summed E-state index contributed by atoms with van der Waals surface area (Å²) in [6.45, 7) is 5.15. The number of halogens is 1. The molecule has 2 atom stereocenters. The second-order valence-corrected chi connectivity index (χ2v) is 5.80. The molecule has 5 heteroatoms. The van der Waals surface area contributed by atoms with Gasteiger partial charge in [0.25, 0.3) is 0 Å². The summed E-state index contributed by atoms with van der Waals surface area (Å²) < 4.78 is 12.1. The van der Waals surface area contributed by atoms with Crippen LogP contribution in [0.3, 0.4) is 0 Å². The van der Waals surface area contributed by atoms with Gasteiger partial charge in [0.05, 0.1) is 30.2 Å². The van der Waals surface area contributed by atoms with E-state index in [1.807, 2.05) is 6.07 Å². The molecular formula is C12H18ClNO2S. The van der Waals surface area contributed by atoms with Crippen LogP contribution in [0.15, 0.2) is 12.1 Å². The molecule has 0 aromatic carbocycles. The molecule has 0 bridgehead atoms. The average Bonchev–Trinajstić information content (AvgIpc) is 2.78. The van der Waals surface area contributed by atoms with Crippen molar-refractivity contribution in [1.82, 2.24) is 5.32 Å². The van der Waals surface area contributed by atoms with Gasteiger partial charge >= 0.3 is 0 Å². The first-order chi connectivity index (χ1) is 8.31. The zero-order chi connectivity index (χ0) is 12.1. The predicted octanol–water partition coefficient (Wildman–Crippen LogP) is 2.86. The fraction of sp³-hybridized carbons (Fsp3) is 0.667. The number of thiophene rings is 1. The maximum Gasteiger partial charge on any atom is 0.101 e. The molecule has 0 radical (unpaired) electrons. The van der Waals surface area contributed by atoms with E-state index in [-0.39, 0.29) is 12.1 Å². The molecule has 17 heavy (non-hydrogen) atoms. The molecule has 1 N–H and O–H groups in total. The van der Waals surface area contributed by atoms with Crippen molar-refractivity contribution in [2.45, 2.75) is 25.5 Å². The quantitative estimate of drug-likeness (QED) is 0.896. The summed E-state index contributed by atoms with van der Waals surface area (Å²) in [5, 5.41) is 3.52. The monoisotopic (exact) mass is 275 g/mol. The van der Waals surface area contributed by atoms with Crippen LogP contribution >= 0.6 is 22.9 Å². The predicted molar refractivity (Wildman–Crippen MR) is 70.9 cm³/mol. The van der Waals surface area contributed by atoms with Gasteiger partial charge < -0.3 is 14.8 Å². The smallest absolute Gasteiger partial charge is 0.101 e. The summed E-state index contributed by atoms with van der Waals surface area (Å²) in [5.74, 6) is 0. The van der Waals surface area contributed by atoms with Crippen molar-refractivity contribution in [2.75, 3.05) is 26.4 Å². The highest BCUT2D eigenvalue weighted by molar-refractivity contribution is 7.16. The minimum Gasteiger partial charge on any atom is -0.376 e. The molecule has 2 unspecified atom stereocenters. The third-order valence-electron chi connectivity index (χ3n) is 2.73. The summed E-state index contributed by atoms with van der Waals surface area (Å²) in [5.41, 5.74) is 0. The molecule has 0 spiro atoms. The van der Waals surface area contributed by atoms with Crippen LogP contribution in [-0.4, -0.2) is 32.5 Å². The second kappa shape index (κ2) is 6.71. The van der Waals surface area contributed by atoms with E-state index in [9.17, 15) is 0 Å². The topological polar surface area (TPSA) is 30.5 Å². The van der Waals surface area contributed by atoms with Crippen LogP contribution in [0.2, 0.25) is 4.34 Å². The fourth-order valence-electron chi connectivity index (χ4n) is 1.91. The van der Waals surface area contributed by atoms with Gasteiger partial charge in [0.15, 0.2) is 0 Å². The lowest BCUT2D eigenvalue weighted by molar-refractivity contribution is -0.102. The molecule has 1 fully saturated rings. The van der Waals surface area contributed by atoms with E-state index in [4.69, 9.17) is 21.1 Å². The van der Waals surface area contributed by atoms with Gasteiger partial charge in [-0.1, -0.05) is 18.5 Å².